The van der Waals surface area contributed by atoms with Crippen LogP contribution in [0.25, 0.3) is 10.8 Å². The van der Waals surface area contributed by atoms with Crippen molar-refractivity contribution in [2.75, 3.05) is 62.4 Å². The molecule has 0 bridgehead atoms. The number of azo groups is 1. The van der Waals surface area contributed by atoms with Gasteiger partial charge in [0.1, 0.15) is 17.1 Å². The average Bonchev–Trinajstić information content (AvgIpc) is 3.09. The maximum Gasteiger partial charge on any atom is 0.500 e. The molecule has 51 heavy (non-hydrogen) atoms. The zero-order valence-corrected chi connectivity index (χ0v) is 32.1. The van der Waals surface area contributed by atoms with Gasteiger partial charge in [0.15, 0.2) is 11.1 Å². The number of para-hydroxylation sites is 1. The van der Waals surface area contributed by atoms with Crippen LogP contribution in [0.3, 0.4) is 0 Å². The first kappa shape index (κ1) is 39.9. The van der Waals surface area contributed by atoms with Crippen molar-refractivity contribution in [2.24, 2.45) is 10.2 Å². The Morgan fingerprint density at radius 1 is 0.961 bits per heavy atom. The molecule has 1 atom stereocenters. The summed E-state index contributed by atoms with van der Waals surface area (Å²) in [5.74, 6) is -0.332. The van der Waals surface area contributed by atoms with Gasteiger partial charge >= 0.3 is 8.80 Å². The van der Waals surface area contributed by atoms with Crippen molar-refractivity contribution in [3.8, 4) is 5.75 Å². The average molecular weight is 755 g/mol. The summed E-state index contributed by atoms with van der Waals surface area (Å²) in [6, 6.07) is 21.9. The molecule has 1 amide bonds. The Labute approximate surface area is 307 Å². The fraction of sp³-hybridized carbons (Fsp3) is 0.343. The third-order valence-electron chi connectivity index (χ3n) is 7.65. The predicted molar refractivity (Wildman–Crippen MR) is 207 cm³/mol. The second kappa shape index (κ2) is 19.1. The van der Waals surface area contributed by atoms with Gasteiger partial charge in [0, 0.05) is 49.2 Å². The van der Waals surface area contributed by atoms with Gasteiger partial charge in [-0.15, -0.1) is 10.2 Å². The van der Waals surface area contributed by atoms with Crippen LogP contribution in [0.15, 0.2) is 92.8 Å². The topological polar surface area (TPSA) is 172 Å². The zero-order chi connectivity index (χ0) is 37.0. The summed E-state index contributed by atoms with van der Waals surface area (Å²) in [6.45, 7) is 7.95. The number of fused-ring (bicyclic) bond motifs is 1. The van der Waals surface area contributed by atoms with Gasteiger partial charge in [-0.3, -0.25) is 9.69 Å². The Kier molecular flexibility index (Phi) is 14.9. The normalized spacial score (nSPS) is 12.5. The van der Waals surface area contributed by atoms with Crippen LogP contribution in [0.5, 0.6) is 5.75 Å². The lowest BCUT2D eigenvalue weighted by Crippen LogP contribution is -2.46. The molecule has 1 unspecified atom stereocenters. The van der Waals surface area contributed by atoms with Gasteiger partial charge in [-0.05, 0) is 107 Å². The molecular formula is C35H46N6O7S2Si. The number of carbonyl (C=O) groups is 1. The Bertz CT molecular complexity index is 1820. The van der Waals surface area contributed by atoms with E-state index in [1.54, 1.807) is 24.3 Å². The van der Waals surface area contributed by atoms with Crippen molar-refractivity contribution in [3.05, 3.63) is 72.8 Å². The van der Waals surface area contributed by atoms with Gasteiger partial charge in [0.05, 0.1) is 22.5 Å². The number of nitrogen functional groups attached to an aromatic ring is 1. The van der Waals surface area contributed by atoms with Gasteiger partial charge in [-0.25, -0.2) is 4.21 Å². The summed E-state index contributed by atoms with van der Waals surface area (Å²) in [5, 5.41) is 23.5. The lowest BCUT2D eigenvalue weighted by molar-refractivity contribution is -0.117. The van der Waals surface area contributed by atoms with Crippen molar-refractivity contribution >= 4 is 76.9 Å². The molecule has 4 rings (SSSR count). The number of carbonyl (C=O) groups excluding carboxylic acids is 1. The minimum atomic E-state index is -2.77. The number of aromatic hydroxyl groups is 1. The highest BCUT2D eigenvalue weighted by atomic mass is 32.2. The van der Waals surface area contributed by atoms with E-state index in [1.807, 2.05) is 80.5 Å². The van der Waals surface area contributed by atoms with Crippen LogP contribution < -0.4 is 15.4 Å². The molecule has 274 valence electrons. The highest BCUT2D eigenvalue weighted by Gasteiger charge is 2.39. The number of nitrogens with two attached hydrogens (primary N) is 1. The predicted octanol–water partition coefficient (Wildman–Crippen LogP) is 7.58. The molecule has 0 fully saturated rings. The number of nitrogens with one attached hydrogen (secondary N) is 1. The standard InChI is InChI=1S/C35H46N6O7S2Si/c1-6-46-51(47-7-2,48-8-3)20-12-19-40(4)24-33(43)37-26-16-18-30(32(22-26)50(44)45)38-39-35-29(36)17-15-25-21-28(23-31(42)34(25)35)49-41(5)27-13-10-9-11-14-27/h9-11,13-18,21-23,42H,6-8,12,19-20,24,36H2,1-5H3,(H,37,43)(H,44,45). The molecule has 16 heteroatoms. The van der Waals surface area contributed by atoms with Crippen molar-refractivity contribution in [3.63, 3.8) is 0 Å². The molecule has 0 aliphatic rings. The van der Waals surface area contributed by atoms with E-state index in [-0.39, 0.29) is 40.2 Å². The molecule has 0 aromatic heterocycles. The molecule has 0 saturated heterocycles. The first-order valence-corrected chi connectivity index (χ1v) is 20.4. The minimum Gasteiger partial charge on any atom is -0.507 e. The second-order valence-corrected chi connectivity index (χ2v) is 16.3. The third kappa shape index (κ3) is 11.1. The molecule has 0 heterocycles. The molecule has 0 aliphatic carbocycles. The summed E-state index contributed by atoms with van der Waals surface area (Å²) in [4.78, 5) is 15.5. The largest absolute Gasteiger partial charge is 0.507 e. The van der Waals surface area contributed by atoms with Crippen LogP contribution in [0.4, 0.5) is 28.4 Å². The number of likely N-dealkylation sites (N-methyl/N-ethyl adjacent to an activating group) is 1. The van der Waals surface area contributed by atoms with E-state index in [4.69, 9.17) is 19.0 Å². The molecule has 13 nitrogen and oxygen atoms in total. The van der Waals surface area contributed by atoms with E-state index in [0.717, 1.165) is 10.6 Å². The van der Waals surface area contributed by atoms with Gasteiger partial charge in [0.25, 0.3) is 0 Å². The summed E-state index contributed by atoms with van der Waals surface area (Å²) in [7, 11) is 1.00. The number of benzene rings is 4. The molecule has 0 radical (unpaired) electrons. The van der Waals surface area contributed by atoms with Gasteiger partial charge in [-0.1, -0.05) is 24.3 Å². The Morgan fingerprint density at radius 3 is 2.29 bits per heavy atom. The molecule has 0 aliphatic heterocycles. The number of hydrogen-bond donors (Lipinski definition) is 4. The molecule has 4 aromatic carbocycles. The first-order chi connectivity index (χ1) is 24.5. The molecule has 0 saturated carbocycles. The number of phenols is 1. The van der Waals surface area contributed by atoms with E-state index in [2.05, 4.69) is 15.5 Å². The SMILES string of the molecule is CCO[Si](CCCN(C)CC(=O)Nc1ccc(N=Nc2c(N)ccc3cc(SN(C)c4ccccc4)cc(O)c23)c(S(=O)O)c1)(OCC)OCC. The van der Waals surface area contributed by atoms with E-state index in [0.29, 0.717) is 55.3 Å². The van der Waals surface area contributed by atoms with Crippen molar-refractivity contribution in [1.82, 2.24) is 4.90 Å². The molecular weight excluding hydrogens is 709 g/mol. The molecule has 4 aromatic rings. The highest BCUT2D eigenvalue weighted by molar-refractivity contribution is 8.00. The quantitative estimate of drug-likeness (QED) is 0.0245. The van der Waals surface area contributed by atoms with Gasteiger partial charge < -0.3 is 38.3 Å². The lowest BCUT2D eigenvalue weighted by atomic mass is 10.1. The van der Waals surface area contributed by atoms with Crippen molar-refractivity contribution < 1.29 is 31.9 Å². The highest BCUT2D eigenvalue weighted by Crippen LogP contribution is 2.42. The van der Waals surface area contributed by atoms with E-state index >= 15 is 0 Å². The van der Waals surface area contributed by atoms with Crippen LogP contribution in [-0.4, -0.2) is 80.5 Å². The van der Waals surface area contributed by atoms with Gasteiger partial charge in [-0.2, -0.15) is 0 Å². The zero-order valence-electron chi connectivity index (χ0n) is 29.5. The third-order valence-corrected chi connectivity index (χ3v) is 12.4. The number of nitrogens with zero attached hydrogens (tertiary/aromatic N) is 4. The van der Waals surface area contributed by atoms with E-state index in [9.17, 15) is 18.7 Å². The van der Waals surface area contributed by atoms with E-state index < -0.39 is 19.9 Å². The van der Waals surface area contributed by atoms with E-state index in [1.165, 1.54) is 24.1 Å². The fourth-order valence-corrected chi connectivity index (χ4v) is 9.43. The molecule has 5 N–H and O–H groups in total. The van der Waals surface area contributed by atoms with Crippen molar-refractivity contribution in [2.45, 2.75) is 43.0 Å². The lowest BCUT2D eigenvalue weighted by Gasteiger charge is -2.29. The van der Waals surface area contributed by atoms with Crippen LogP contribution in [-0.2, 0) is 29.2 Å². The summed E-state index contributed by atoms with van der Waals surface area (Å²) >= 11 is -1.000. The summed E-state index contributed by atoms with van der Waals surface area (Å²) in [5.41, 5.74) is 8.18. The maximum absolute atomic E-state index is 12.9. The Morgan fingerprint density at radius 2 is 1.65 bits per heavy atom. The number of rotatable bonds is 19. The second-order valence-electron chi connectivity index (χ2n) is 11.5. The molecule has 0 spiro atoms. The van der Waals surface area contributed by atoms with Crippen LogP contribution in [0.1, 0.15) is 27.2 Å². The van der Waals surface area contributed by atoms with Gasteiger partial charge in [0.2, 0.25) is 5.91 Å². The fourth-order valence-electron chi connectivity index (χ4n) is 5.43. The summed E-state index contributed by atoms with van der Waals surface area (Å²) in [6.07, 6.45) is 0.716. The van der Waals surface area contributed by atoms with Crippen molar-refractivity contribution in [1.29, 1.82) is 0 Å². The minimum absolute atomic E-state index is 0.0361. The number of hydrogen-bond acceptors (Lipinski definition) is 12. The Hall–Kier alpha value is -3.87. The summed E-state index contributed by atoms with van der Waals surface area (Å²) < 4.78 is 42.1. The number of phenolic OH excluding ortho intramolecular Hbond substituents is 1. The maximum atomic E-state index is 12.9. The number of amides is 1. The van der Waals surface area contributed by atoms with Crippen LogP contribution in [0, 0.1) is 0 Å². The van der Waals surface area contributed by atoms with Crippen LogP contribution in [0.2, 0.25) is 6.04 Å². The smallest absolute Gasteiger partial charge is 0.500 e. The monoisotopic (exact) mass is 754 g/mol. The Balaban J connectivity index is 1.45. The first-order valence-electron chi connectivity index (χ1n) is 16.6. The van der Waals surface area contributed by atoms with Crippen LogP contribution >= 0.6 is 11.9 Å². The number of anilines is 3.